The van der Waals surface area contributed by atoms with Crippen molar-refractivity contribution < 1.29 is 14.3 Å². The third-order valence-corrected chi connectivity index (χ3v) is 4.10. The lowest BCUT2D eigenvalue weighted by molar-refractivity contribution is 0.0695. The summed E-state index contributed by atoms with van der Waals surface area (Å²) in [6.07, 6.45) is 4.86. The van der Waals surface area contributed by atoms with Gasteiger partial charge in [0, 0.05) is 11.9 Å². The number of nitrogens with zero attached hydrogens (tertiary/aromatic N) is 1. The van der Waals surface area contributed by atoms with Crippen LogP contribution in [0.25, 0.3) is 0 Å². The van der Waals surface area contributed by atoms with Gasteiger partial charge in [-0.15, -0.1) is 0 Å². The highest BCUT2D eigenvalue weighted by Crippen LogP contribution is 2.31. The molecule has 1 aliphatic rings. The Kier molecular flexibility index (Phi) is 3.98. The molecule has 0 bridgehead atoms. The molecule has 0 fully saturated rings. The van der Waals surface area contributed by atoms with Gasteiger partial charge in [0.2, 0.25) is 0 Å². The molecule has 4 nitrogen and oxygen atoms in total. The summed E-state index contributed by atoms with van der Waals surface area (Å²) in [5, 5.41) is 12.4. The SMILES string of the molecule is O=C(O)c1cnc(Nc2ccc(F)c(Cl)c2)c2c1CCCC2. The summed E-state index contributed by atoms with van der Waals surface area (Å²) in [7, 11) is 0. The van der Waals surface area contributed by atoms with Crippen molar-refractivity contribution in [2.24, 2.45) is 0 Å². The van der Waals surface area contributed by atoms with Crippen molar-refractivity contribution in [3.05, 3.63) is 51.9 Å². The second kappa shape index (κ2) is 5.93. The van der Waals surface area contributed by atoms with Crippen LogP contribution in [0, 0.1) is 5.82 Å². The Labute approximate surface area is 132 Å². The van der Waals surface area contributed by atoms with E-state index in [0.29, 0.717) is 11.5 Å². The van der Waals surface area contributed by atoms with Crippen LogP contribution < -0.4 is 5.32 Å². The van der Waals surface area contributed by atoms with Gasteiger partial charge in [0.15, 0.2) is 0 Å². The quantitative estimate of drug-likeness (QED) is 0.890. The van der Waals surface area contributed by atoms with E-state index in [1.807, 2.05) is 0 Å². The van der Waals surface area contributed by atoms with E-state index in [1.54, 1.807) is 6.07 Å². The van der Waals surface area contributed by atoms with Crippen molar-refractivity contribution in [1.29, 1.82) is 0 Å². The molecule has 0 spiro atoms. The predicted molar refractivity (Wildman–Crippen MR) is 82.5 cm³/mol. The van der Waals surface area contributed by atoms with Gasteiger partial charge in [0.1, 0.15) is 11.6 Å². The minimum absolute atomic E-state index is 0.0287. The van der Waals surface area contributed by atoms with Gasteiger partial charge >= 0.3 is 5.97 Å². The third-order valence-electron chi connectivity index (χ3n) is 3.81. The van der Waals surface area contributed by atoms with Gasteiger partial charge in [0.05, 0.1) is 10.6 Å². The number of pyridine rings is 1. The van der Waals surface area contributed by atoms with E-state index in [0.717, 1.165) is 36.8 Å². The molecule has 0 saturated heterocycles. The first-order valence-corrected chi connectivity index (χ1v) is 7.40. The predicted octanol–water partition coefficient (Wildman–Crippen LogP) is 4.19. The summed E-state index contributed by atoms with van der Waals surface area (Å²) in [5.41, 5.74) is 2.64. The number of anilines is 2. The van der Waals surface area contributed by atoms with E-state index in [2.05, 4.69) is 10.3 Å². The molecule has 1 heterocycles. The molecule has 0 aliphatic heterocycles. The molecule has 0 atom stereocenters. The number of hydrogen-bond donors (Lipinski definition) is 2. The standard InChI is InChI=1S/C16H14ClFN2O2/c17-13-7-9(5-6-14(13)18)20-15-11-4-2-1-3-10(11)12(8-19-15)16(21)22/h5-8H,1-4H2,(H,19,20)(H,21,22). The lowest BCUT2D eigenvalue weighted by Gasteiger charge is -2.21. The maximum atomic E-state index is 13.2. The molecular formula is C16H14ClFN2O2. The highest BCUT2D eigenvalue weighted by molar-refractivity contribution is 6.31. The molecule has 3 rings (SSSR count). The Balaban J connectivity index is 2.00. The molecule has 0 unspecified atom stereocenters. The first-order chi connectivity index (χ1) is 10.6. The second-order valence-corrected chi connectivity index (χ2v) is 5.65. The third kappa shape index (κ3) is 2.76. The van der Waals surface area contributed by atoms with Crippen LogP contribution in [0.1, 0.15) is 34.3 Å². The molecule has 114 valence electrons. The van der Waals surface area contributed by atoms with Crippen LogP contribution in [0.3, 0.4) is 0 Å². The van der Waals surface area contributed by atoms with Crippen LogP contribution in [-0.2, 0) is 12.8 Å². The number of fused-ring (bicyclic) bond motifs is 1. The normalized spacial score (nSPS) is 13.5. The first kappa shape index (κ1) is 14.8. The van der Waals surface area contributed by atoms with Crippen molar-refractivity contribution in [1.82, 2.24) is 4.98 Å². The zero-order valence-corrected chi connectivity index (χ0v) is 12.5. The van der Waals surface area contributed by atoms with E-state index in [-0.39, 0.29) is 10.6 Å². The first-order valence-electron chi connectivity index (χ1n) is 7.02. The number of nitrogens with one attached hydrogen (secondary N) is 1. The number of hydrogen-bond acceptors (Lipinski definition) is 3. The summed E-state index contributed by atoms with van der Waals surface area (Å²) in [6.45, 7) is 0. The van der Waals surface area contributed by atoms with Crippen molar-refractivity contribution >= 4 is 29.1 Å². The highest BCUT2D eigenvalue weighted by Gasteiger charge is 2.21. The number of rotatable bonds is 3. The van der Waals surface area contributed by atoms with Gasteiger partial charge in [-0.2, -0.15) is 0 Å². The average molecular weight is 321 g/mol. The van der Waals surface area contributed by atoms with Crippen molar-refractivity contribution in [2.75, 3.05) is 5.32 Å². The summed E-state index contributed by atoms with van der Waals surface area (Å²) < 4.78 is 13.2. The Bertz CT molecular complexity index is 749. The molecule has 0 amide bonds. The number of benzene rings is 1. The smallest absolute Gasteiger partial charge is 0.337 e. The van der Waals surface area contributed by atoms with Crippen LogP contribution in [0.4, 0.5) is 15.9 Å². The van der Waals surface area contributed by atoms with Gasteiger partial charge in [-0.05, 0) is 55.0 Å². The number of carboxylic acids is 1. The van der Waals surface area contributed by atoms with Gasteiger partial charge < -0.3 is 10.4 Å². The minimum atomic E-state index is -0.956. The fourth-order valence-corrected chi connectivity index (χ4v) is 2.93. The van der Waals surface area contributed by atoms with E-state index in [4.69, 9.17) is 11.6 Å². The molecule has 0 saturated carbocycles. The molecule has 6 heteroatoms. The number of carbonyl (C=O) groups is 1. The fourth-order valence-electron chi connectivity index (χ4n) is 2.75. The Morgan fingerprint density at radius 1 is 1.27 bits per heavy atom. The van der Waals surface area contributed by atoms with Gasteiger partial charge in [-0.1, -0.05) is 11.6 Å². The molecule has 2 aromatic rings. The average Bonchev–Trinajstić information content (AvgIpc) is 2.51. The van der Waals surface area contributed by atoms with Crippen LogP contribution in [0.5, 0.6) is 0 Å². The Morgan fingerprint density at radius 3 is 2.68 bits per heavy atom. The topological polar surface area (TPSA) is 62.2 Å². The summed E-state index contributed by atoms with van der Waals surface area (Å²) in [5.74, 6) is -0.826. The highest BCUT2D eigenvalue weighted by atomic mass is 35.5. The zero-order valence-electron chi connectivity index (χ0n) is 11.7. The summed E-state index contributed by atoms with van der Waals surface area (Å²) >= 11 is 5.78. The van der Waals surface area contributed by atoms with Crippen molar-refractivity contribution in [3.8, 4) is 0 Å². The Hall–Kier alpha value is -2.14. The monoisotopic (exact) mass is 320 g/mol. The molecular weight excluding hydrogens is 307 g/mol. The maximum Gasteiger partial charge on any atom is 0.337 e. The lowest BCUT2D eigenvalue weighted by atomic mass is 9.89. The molecule has 1 aliphatic carbocycles. The van der Waals surface area contributed by atoms with Crippen LogP contribution in [0.2, 0.25) is 5.02 Å². The van der Waals surface area contributed by atoms with E-state index < -0.39 is 11.8 Å². The number of aromatic nitrogens is 1. The van der Waals surface area contributed by atoms with E-state index in [1.165, 1.54) is 18.3 Å². The molecule has 1 aromatic carbocycles. The summed E-state index contributed by atoms with van der Waals surface area (Å²) in [4.78, 5) is 15.5. The lowest BCUT2D eigenvalue weighted by Crippen LogP contribution is -2.14. The van der Waals surface area contributed by atoms with Crippen LogP contribution in [0.15, 0.2) is 24.4 Å². The minimum Gasteiger partial charge on any atom is -0.478 e. The van der Waals surface area contributed by atoms with Crippen LogP contribution >= 0.6 is 11.6 Å². The van der Waals surface area contributed by atoms with E-state index in [9.17, 15) is 14.3 Å². The Morgan fingerprint density at radius 2 is 2.00 bits per heavy atom. The molecule has 22 heavy (non-hydrogen) atoms. The number of halogens is 2. The summed E-state index contributed by atoms with van der Waals surface area (Å²) in [6, 6.07) is 4.34. The number of aromatic carboxylic acids is 1. The maximum absolute atomic E-state index is 13.2. The fraction of sp³-hybridized carbons (Fsp3) is 0.250. The molecule has 2 N–H and O–H groups in total. The van der Waals surface area contributed by atoms with Crippen LogP contribution in [-0.4, -0.2) is 16.1 Å². The van der Waals surface area contributed by atoms with Gasteiger partial charge in [0.25, 0.3) is 0 Å². The van der Waals surface area contributed by atoms with Crippen molar-refractivity contribution in [2.45, 2.75) is 25.7 Å². The second-order valence-electron chi connectivity index (χ2n) is 5.24. The molecule has 0 radical (unpaired) electrons. The van der Waals surface area contributed by atoms with Crippen molar-refractivity contribution in [3.63, 3.8) is 0 Å². The van der Waals surface area contributed by atoms with Gasteiger partial charge in [-0.25, -0.2) is 14.2 Å². The number of carboxylic acid groups (broad SMARTS) is 1. The zero-order chi connectivity index (χ0) is 15.7. The largest absolute Gasteiger partial charge is 0.478 e. The van der Waals surface area contributed by atoms with E-state index >= 15 is 0 Å². The molecule has 1 aromatic heterocycles. The van der Waals surface area contributed by atoms with Gasteiger partial charge in [-0.3, -0.25) is 0 Å².